The molecule has 0 saturated heterocycles. The number of fused-ring (bicyclic) bond motifs is 1. The highest BCUT2D eigenvalue weighted by Gasteiger charge is 2.10. The summed E-state index contributed by atoms with van der Waals surface area (Å²) in [4.78, 5) is 22.0. The van der Waals surface area contributed by atoms with E-state index in [1.54, 1.807) is 6.20 Å². The minimum atomic E-state index is 0.593. The smallest absolute Gasteiger partial charge is 0.226 e. The fourth-order valence-corrected chi connectivity index (χ4v) is 2.43. The van der Waals surface area contributed by atoms with Crippen LogP contribution in [0.15, 0.2) is 36.5 Å². The number of aryl methyl sites for hydroxylation is 1. The molecule has 3 rings (SSSR count). The Bertz CT molecular complexity index is 830. The van der Waals surface area contributed by atoms with Crippen molar-refractivity contribution in [2.75, 3.05) is 30.9 Å². The molecule has 6 heteroatoms. The van der Waals surface area contributed by atoms with E-state index >= 15 is 0 Å². The largest absolute Gasteiger partial charge is 0.352 e. The van der Waals surface area contributed by atoms with Crippen molar-refractivity contribution in [1.29, 1.82) is 0 Å². The van der Waals surface area contributed by atoms with Gasteiger partial charge in [0.2, 0.25) is 5.95 Å². The van der Waals surface area contributed by atoms with Crippen LogP contribution in [0.25, 0.3) is 10.9 Å². The van der Waals surface area contributed by atoms with E-state index in [-0.39, 0.29) is 0 Å². The summed E-state index contributed by atoms with van der Waals surface area (Å²) in [5, 5.41) is 1.09. The van der Waals surface area contributed by atoms with Gasteiger partial charge in [-0.2, -0.15) is 4.98 Å². The van der Waals surface area contributed by atoms with E-state index in [1.807, 2.05) is 68.2 Å². The minimum absolute atomic E-state index is 0.593. The number of benzene rings is 1. The molecule has 0 radical (unpaired) electrons. The van der Waals surface area contributed by atoms with E-state index in [0.717, 1.165) is 28.2 Å². The normalized spacial score (nSPS) is 10.8. The van der Waals surface area contributed by atoms with Crippen LogP contribution < -0.4 is 9.80 Å². The maximum atomic E-state index is 4.65. The third-order valence-corrected chi connectivity index (χ3v) is 3.64. The number of hydrogen-bond acceptors (Lipinski definition) is 6. The summed E-state index contributed by atoms with van der Waals surface area (Å²) in [7, 11) is 5.83. The molecule has 0 atom stereocenters. The number of anilines is 2. The van der Waals surface area contributed by atoms with Crippen molar-refractivity contribution in [1.82, 2.24) is 19.9 Å². The Hall–Kier alpha value is -2.76. The Labute approximate surface area is 135 Å². The summed E-state index contributed by atoms with van der Waals surface area (Å²) < 4.78 is 0. The maximum absolute atomic E-state index is 4.65. The minimum Gasteiger partial charge on any atom is -0.352 e. The van der Waals surface area contributed by atoms with Gasteiger partial charge in [-0.15, -0.1) is 0 Å². The molecule has 118 valence electrons. The van der Waals surface area contributed by atoms with Crippen LogP contribution in [-0.2, 0) is 6.54 Å². The SMILES string of the molecule is Cc1nc(CN(C)c2ccnc(N(C)C)n2)nc2ccccc12. The van der Waals surface area contributed by atoms with E-state index in [0.29, 0.717) is 12.5 Å². The molecule has 0 aliphatic heterocycles. The highest BCUT2D eigenvalue weighted by Crippen LogP contribution is 2.17. The molecule has 6 nitrogen and oxygen atoms in total. The van der Waals surface area contributed by atoms with Crippen molar-refractivity contribution in [2.24, 2.45) is 0 Å². The predicted octanol–water partition coefficient (Wildman–Crippen LogP) is 2.43. The van der Waals surface area contributed by atoms with Crippen molar-refractivity contribution in [3.05, 3.63) is 48.0 Å². The first-order valence-electron chi connectivity index (χ1n) is 7.48. The Morgan fingerprint density at radius 3 is 2.52 bits per heavy atom. The fourth-order valence-electron chi connectivity index (χ4n) is 2.43. The molecule has 3 aromatic rings. The van der Waals surface area contributed by atoms with Crippen molar-refractivity contribution in [2.45, 2.75) is 13.5 Å². The third-order valence-electron chi connectivity index (χ3n) is 3.64. The third kappa shape index (κ3) is 3.21. The topological polar surface area (TPSA) is 58.0 Å². The molecule has 0 N–H and O–H groups in total. The molecule has 0 unspecified atom stereocenters. The summed E-state index contributed by atoms with van der Waals surface area (Å²) in [5.74, 6) is 2.32. The van der Waals surface area contributed by atoms with Crippen LogP contribution in [0.1, 0.15) is 11.5 Å². The first kappa shape index (κ1) is 15.1. The highest BCUT2D eigenvalue weighted by atomic mass is 15.3. The number of rotatable bonds is 4. The average molecular weight is 308 g/mol. The standard InChI is InChI=1S/C17H20N6/c1-12-13-7-5-6-8-14(13)20-15(19-12)11-23(4)16-9-10-18-17(21-16)22(2)3/h5-10H,11H2,1-4H3. The summed E-state index contributed by atoms with van der Waals surface area (Å²) in [6.07, 6.45) is 1.76. The van der Waals surface area contributed by atoms with Gasteiger partial charge in [0.05, 0.1) is 12.1 Å². The molecule has 2 heterocycles. The molecule has 0 aliphatic rings. The molecule has 0 amide bonds. The molecule has 0 spiro atoms. The first-order chi connectivity index (χ1) is 11.0. The Morgan fingerprint density at radius 1 is 0.957 bits per heavy atom. The van der Waals surface area contributed by atoms with Crippen LogP contribution in [0.5, 0.6) is 0 Å². The van der Waals surface area contributed by atoms with Gasteiger partial charge in [-0.25, -0.2) is 15.0 Å². The van der Waals surface area contributed by atoms with Gasteiger partial charge in [-0.3, -0.25) is 0 Å². The zero-order chi connectivity index (χ0) is 16.4. The quantitative estimate of drug-likeness (QED) is 0.738. The lowest BCUT2D eigenvalue weighted by atomic mass is 10.2. The van der Waals surface area contributed by atoms with Crippen LogP contribution in [0, 0.1) is 6.92 Å². The Balaban J connectivity index is 1.88. The monoisotopic (exact) mass is 308 g/mol. The van der Waals surface area contributed by atoms with Gasteiger partial charge in [-0.05, 0) is 19.1 Å². The molecule has 0 saturated carbocycles. The van der Waals surface area contributed by atoms with E-state index in [1.165, 1.54) is 0 Å². The molecule has 0 fully saturated rings. The van der Waals surface area contributed by atoms with Gasteiger partial charge >= 0.3 is 0 Å². The Kier molecular flexibility index (Phi) is 4.06. The van der Waals surface area contributed by atoms with Gasteiger partial charge in [-0.1, -0.05) is 18.2 Å². The second-order valence-corrected chi connectivity index (χ2v) is 5.71. The fraction of sp³-hybridized carbons (Fsp3) is 0.294. The number of para-hydroxylation sites is 1. The van der Waals surface area contributed by atoms with E-state index < -0.39 is 0 Å². The van der Waals surface area contributed by atoms with Gasteiger partial charge in [0.15, 0.2) is 0 Å². The summed E-state index contributed by atoms with van der Waals surface area (Å²) in [6, 6.07) is 9.96. The Morgan fingerprint density at radius 2 is 1.74 bits per heavy atom. The zero-order valence-electron chi connectivity index (χ0n) is 13.9. The van der Waals surface area contributed by atoms with Crippen molar-refractivity contribution in [3.8, 4) is 0 Å². The van der Waals surface area contributed by atoms with E-state index in [9.17, 15) is 0 Å². The molecule has 0 bridgehead atoms. The number of aromatic nitrogens is 4. The van der Waals surface area contributed by atoms with Crippen molar-refractivity contribution < 1.29 is 0 Å². The van der Waals surface area contributed by atoms with E-state index in [2.05, 4.69) is 19.9 Å². The van der Waals surface area contributed by atoms with Gasteiger partial charge in [0.25, 0.3) is 0 Å². The lowest BCUT2D eigenvalue weighted by Gasteiger charge is -2.19. The van der Waals surface area contributed by atoms with Crippen LogP contribution in [0.2, 0.25) is 0 Å². The van der Waals surface area contributed by atoms with Crippen LogP contribution in [0.3, 0.4) is 0 Å². The summed E-state index contributed by atoms with van der Waals surface area (Å²) in [5.41, 5.74) is 1.97. The van der Waals surface area contributed by atoms with Crippen LogP contribution in [0.4, 0.5) is 11.8 Å². The van der Waals surface area contributed by atoms with Crippen molar-refractivity contribution in [3.63, 3.8) is 0 Å². The van der Waals surface area contributed by atoms with Crippen LogP contribution >= 0.6 is 0 Å². The molecular weight excluding hydrogens is 288 g/mol. The zero-order valence-corrected chi connectivity index (χ0v) is 13.9. The first-order valence-corrected chi connectivity index (χ1v) is 7.48. The number of hydrogen-bond donors (Lipinski definition) is 0. The van der Waals surface area contributed by atoms with Gasteiger partial charge in [0, 0.05) is 38.4 Å². The highest BCUT2D eigenvalue weighted by molar-refractivity contribution is 5.80. The van der Waals surface area contributed by atoms with Gasteiger partial charge in [0.1, 0.15) is 11.6 Å². The van der Waals surface area contributed by atoms with E-state index in [4.69, 9.17) is 0 Å². The predicted molar refractivity (Wildman–Crippen MR) is 92.7 cm³/mol. The molecule has 23 heavy (non-hydrogen) atoms. The molecule has 2 aromatic heterocycles. The lowest BCUT2D eigenvalue weighted by Crippen LogP contribution is -2.21. The second-order valence-electron chi connectivity index (χ2n) is 5.71. The molecule has 0 aliphatic carbocycles. The summed E-state index contributed by atoms with van der Waals surface area (Å²) >= 11 is 0. The number of nitrogens with zero attached hydrogens (tertiary/aromatic N) is 6. The molecular formula is C17H20N6. The van der Waals surface area contributed by atoms with Crippen molar-refractivity contribution >= 4 is 22.7 Å². The van der Waals surface area contributed by atoms with Gasteiger partial charge < -0.3 is 9.80 Å². The lowest BCUT2D eigenvalue weighted by molar-refractivity contribution is 0.820. The average Bonchev–Trinajstić information content (AvgIpc) is 2.55. The second kappa shape index (κ2) is 6.16. The molecule has 1 aromatic carbocycles. The maximum Gasteiger partial charge on any atom is 0.226 e. The van der Waals surface area contributed by atoms with Crippen LogP contribution in [-0.4, -0.2) is 41.1 Å². The summed E-state index contributed by atoms with van der Waals surface area (Å²) in [6.45, 7) is 2.61.